The predicted molar refractivity (Wildman–Crippen MR) is 82.1 cm³/mol. The molecule has 0 unspecified atom stereocenters. The van der Waals surface area contributed by atoms with E-state index < -0.39 is 0 Å². The van der Waals surface area contributed by atoms with Crippen LogP contribution in [-0.2, 0) is 11.2 Å². The summed E-state index contributed by atoms with van der Waals surface area (Å²) in [5.41, 5.74) is 3.49. The number of benzene rings is 2. The smallest absolute Gasteiger partial charge is 0.244 e. The van der Waals surface area contributed by atoms with Gasteiger partial charge < -0.3 is 4.42 Å². The second kappa shape index (κ2) is 6.05. The Hall–Kier alpha value is -2.88. The summed E-state index contributed by atoms with van der Waals surface area (Å²) in [5, 5.41) is 6.09. The van der Waals surface area contributed by atoms with Crippen molar-refractivity contribution >= 4 is 22.9 Å². The average Bonchev–Trinajstić information content (AvgIpc) is 3.01. The zero-order valence-corrected chi connectivity index (χ0v) is 11.3. The van der Waals surface area contributed by atoms with E-state index in [1.165, 1.54) is 6.21 Å². The molecule has 0 bridgehead atoms. The van der Waals surface area contributed by atoms with E-state index in [9.17, 15) is 4.79 Å². The number of hydrogen-bond acceptors (Lipinski definition) is 3. The summed E-state index contributed by atoms with van der Waals surface area (Å²) in [5.74, 6) is 0.439. The number of rotatable bonds is 4. The Morgan fingerprint density at radius 1 is 1.10 bits per heavy atom. The minimum atomic E-state index is -0.158. The standard InChI is InChI=1S/C17H14N2O2/c20-17(19-18-12-15-8-4-10-21-15)11-14-7-3-6-13-5-1-2-9-16(13)14/h1-10,12H,11H2,(H,19,20)/b18-12-. The number of amides is 1. The zero-order valence-electron chi connectivity index (χ0n) is 11.3. The van der Waals surface area contributed by atoms with Crippen LogP contribution in [-0.4, -0.2) is 12.1 Å². The van der Waals surface area contributed by atoms with Crippen molar-refractivity contribution in [2.24, 2.45) is 5.10 Å². The molecule has 0 saturated carbocycles. The minimum Gasteiger partial charge on any atom is -0.463 e. The molecule has 4 nitrogen and oxygen atoms in total. The highest BCUT2D eigenvalue weighted by molar-refractivity contribution is 5.90. The number of nitrogens with zero attached hydrogens (tertiary/aromatic N) is 1. The molecule has 0 aliphatic heterocycles. The lowest BCUT2D eigenvalue weighted by atomic mass is 10.0. The third-order valence-electron chi connectivity index (χ3n) is 3.16. The van der Waals surface area contributed by atoms with Crippen LogP contribution < -0.4 is 5.43 Å². The Balaban J connectivity index is 1.69. The Kier molecular flexibility index (Phi) is 3.78. The van der Waals surface area contributed by atoms with E-state index in [4.69, 9.17) is 4.42 Å². The van der Waals surface area contributed by atoms with Crippen molar-refractivity contribution in [1.82, 2.24) is 5.43 Å². The summed E-state index contributed by atoms with van der Waals surface area (Å²) < 4.78 is 5.09. The number of carbonyl (C=O) groups is 1. The maximum Gasteiger partial charge on any atom is 0.244 e. The normalized spacial score (nSPS) is 11.0. The van der Waals surface area contributed by atoms with Crippen LogP contribution in [0.15, 0.2) is 70.4 Å². The highest BCUT2D eigenvalue weighted by Gasteiger charge is 2.05. The van der Waals surface area contributed by atoms with Crippen molar-refractivity contribution in [3.05, 3.63) is 72.2 Å². The summed E-state index contributed by atoms with van der Waals surface area (Å²) in [6.07, 6.45) is 3.32. The SMILES string of the molecule is O=C(Cc1cccc2ccccc12)N/N=C\c1ccco1. The maximum atomic E-state index is 11.9. The molecule has 1 amide bonds. The lowest BCUT2D eigenvalue weighted by Gasteiger charge is -2.05. The van der Waals surface area contributed by atoms with Crippen LogP contribution in [0, 0.1) is 0 Å². The summed E-state index contributed by atoms with van der Waals surface area (Å²) >= 11 is 0. The molecule has 3 rings (SSSR count). The quantitative estimate of drug-likeness (QED) is 0.589. The number of furan rings is 1. The number of hydrogen-bond donors (Lipinski definition) is 1. The lowest BCUT2D eigenvalue weighted by molar-refractivity contribution is -0.120. The molecule has 0 saturated heterocycles. The number of carbonyl (C=O) groups excluding carboxylic acids is 1. The molecule has 1 heterocycles. The van der Waals surface area contributed by atoms with Crippen LogP contribution in [0.4, 0.5) is 0 Å². The van der Waals surface area contributed by atoms with Crippen LogP contribution in [0.1, 0.15) is 11.3 Å². The molecule has 4 heteroatoms. The highest BCUT2D eigenvalue weighted by atomic mass is 16.3. The molecule has 0 spiro atoms. The first-order valence-electron chi connectivity index (χ1n) is 6.65. The lowest BCUT2D eigenvalue weighted by Crippen LogP contribution is -2.19. The fourth-order valence-corrected chi connectivity index (χ4v) is 2.19. The second-order valence-corrected chi connectivity index (χ2v) is 4.62. The Labute approximate surface area is 122 Å². The summed E-state index contributed by atoms with van der Waals surface area (Å²) in [6, 6.07) is 17.5. The molecule has 0 atom stereocenters. The van der Waals surface area contributed by atoms with E-state index in [1.807, 2.05) is 42.5 Å². The molecule has 0 aliphatic rings. The molecule has 2 aromatic carbocycles. The topological polar surface area (TPSA) is 54.6 Å². The molecule has 3 aromatic rings. The largest absolute Gasteiger partial charge is 0.463 e. The molecular formula is C17H14N2O2. The number of fused-ring (bicyclic) bond motifs is 1. The Morgan fingerprint density at radius 3 is 2.81 bits per heavy atom. The zero-order chi connectivity index (χ0) is 14.5. The van der Waals surface area contributed by atoms with Gasteiger partial charge in [-0.1, -0.05) is 42.5 Å². The molecule has 1 N–H and O–H groups in total. The highest BCUT2D eigenvalue weighted by Crippen LogP contribution is 2.18. The van der Waals surface area contributed by atoms with Gasteiger partial charge in [-0.25, -0.2) is 5.43 Å². The van der Waals surface area contributed by atoms with E-state index in [1.54, 1.807) is 18.4 Å². The first-order valence-corrected chi connectivity index (χ1v) is 6.65. The van der Waals surface area contributed by atoms with Gasteiger partial charge in [-0.3, -0.25) is 4.79 Å². The summed E-state index contributed by atoms with van der Waals surface area (Å²) in [4.78, 5) is 11.9. The van der Waals surface area contributed by atoms with Gasteiger partial charge in [0.25, 0.3) is 0 Å². The van der Waals surface area contributed by atoms with Gasteiger partial charge >= 0.3 is 0 Å². The first kappa shape index (κ1) is 13.1. The van der Waals surface area contributed by atoms with Gasteiger partial charge in [-0.2, -0.15) is 5.10 Å². The second-order valence-electron chi connectivity index (χ2n) is 4.62. The van der Waals surface area contributed by atoms with Crippen molar-refractivity contribution < 1.29 is 9.21 Å². The van der Waals surface area contributed by atoms with Gasteiger partial charge in [0, 0.05) is 0 Å². The van der Waals surface area contributed by atoms with Crippen LogP contribution >= 0.6 is 0 Å². The van der Waals surface area contributed by atoms with Crippen molar-refractivity contribution in [2.45, 2.75) is 6.42 Å². The average molecular weight is 278 g/mol. The fraction of sp³-hybridized carbons (Fsp3) is 0.0588. The Bertz CT molecular complexity index is 771. The van der Waals surface area contributed by atoms with Crippen LogP contribution in [0.3, 0.4) is 0 Å². The van der Waals surface area contributed by atoms with E-state index in [-0.39, 0.29) is 12.3 Å². The van der Waals surface area contributed by atoms with Gasteiger partial charge in [0.1, 0.15) is 5.76 Å². The summed E-state index contributed by atoms with van der Waals surface area (Å²) in [6.45, 7) is 0. The van der Waals surface area contributed by atoms with Crippen LogP contribution in [0.5, 0.6) is 0 Å². The van der Waals surface area contributed by atoms with E-state index >= 15 is 0 Å². The van der Waals surface area contributed by atoms with Gasteiger partial charge in [-0.05, 0) is 28.5 Å². The van der Waals surface area contributed by atoms with Gasteiger partial charge in [0.15, 0.2) is 0 Å². The molecule has 104 valence electrons. The van der Waals surface area contributed by atoms with E-state index in [0.717, 1.165) is 16.3 Å². The van der Waals surface area contributed by atoms with Crippen molar-refractivity contribution in [3.63, 3.8) is 0 Å². The monoisotopic (exact) mass is 278 g/mol. The predicted octanol–water partition coefficient (Wildman–Crippen LogP) is 3.13. The van der Waals surface area contributed by atoms with Gasteiger partial charge in [-0.15, -0.1) is 0 Å². The Morgan fingerprint density at radius 2 is 1.95 bits per heavy atom. The molecular weight excluding hydrogens is 264 g/mol. The molecule has 21 heavy (non-hydrogen) atoms. The van der Waals surface area contributed by atoms with Crippen molar-refractivity contribution in [3.8, 4) is 0 Å². The van der Waals surface area contributed by atoms with E-state index in [0.29, 0.717) is 5.76 Å². The first-order chi connectivity index (χ1) is 10.3. The number of hydrazone groups is 1. The molecule has 0 radical (unpaired) electrons. The van der Waals surface area contributed by atoms with Crippen LogP contribution in [0.25, 0.3) is 10.8 Å². The minimum absolute atomic E-state index is 0.158. The summed E-state index contributed by atoms with van der Waals surface area (Å²) in [7, 11) is 0. The number of nitrogens with one attached hydrogen (secondary N) is 1. The van der Waals surface area contributed by atoms with Gasteiger partial charge in [0.05, 0.1) is 18.9 Å². The third-order valence-corrected chi connectivity index (χ3v) is 3.16. The van der Waals surface area contributed by atoms with Crippen molar-refractivity contribution in [1.29, 1.82) is 0 Å². The fourth-order valence-electron chi connectivity index (χ4n) is 2.19. The van der Waals surface area contributed by atoms with Crippen molar-refractivity contribution in [2.75, 3.05) is 0 Å². The van der Waals surface area contributed by atoms with Gasteiger partial charge in [0.2, 0.25) is 5.91 Å². The van der Waals surface area contributed by atoms with E-state index in [2.05, 4.69) is 10.5 Å². The molecule has 0 fully saturated rings. The van der Waals surface area contributed by atoms with Crippen LogP contribution in [0.2, 0.25) is 0 Å². The maximum absolute atomic E-state index is 11.9. The molecule has 0 aliphatic carbocycles. The third kappa shape index (κ3) is 3.17. The molecule has 1 aromatic heterocycles.